The molecule has 0 fully saturated rings. The van der Waals surface area contributed by atoms with E-state index in [-0.39, 0.29) is 10.4 Å². The van der Waals surface area contributed by atoms with Crippen LogP contribution >= 0.6 is 23.5 Å². The van der Waals surface area contributed by atoms with Crippen LogP contribution in [0.3, 0.4) is 0 Å². The third-order valence-corrected chi connectivity index (χ3v) is 4.81. The Morgan fingerprint density at radius 1 is 1.32 bits per heavy atom. The van der Waals surface area contributed by atoms with E-state index in [9.17, 15) is 4.79 Å². The lowest BCUT2D eigenvalue weighted by molar-refractivity contribution is -0.109. The first-order chi connectivity index (χ1) is 9.22. The van der Waals surface area contributed by atoms with Gasteiger partial charge in [0.15, 0.2) is 5.12 Å². The number of ether oxygens (including phenoxy) is 1. The molecule has 0 aliphatic carbocycles. The number of hydrogen-bond donors (Lipinski definition) is 0. The van der Waals surface area contributed by atoms with Crippen LogP contribution in [0.15, 0.2) is 35.2 Å². The molecule has 0 amide bonds. The maximum absolute atomic E-state index is 11.3. The van der Waals surface area contributed by atoms with Crippen molar-refractivity contribution in [3.63, 3.8) is 0 Å². The summed E-state index contributed by atoms with van der Waals surface area (Å²) in [6.45, 7) is 5.22. The Labute approximate surface area is 124 Å². The summed E-state index contributed by atoms with van der Waals surface area (Å²) >= 11 is 3.17. The molecule has 106 valence electrons. The van der Waals surface area contributed by atoms with Gasteiger partial charge in [0.1, 0.15) is 0 Å². The van der Waals surface area contributed by atoms with Crippen LogP contribution in [-0.2, 0) is 9.53 Å². The zero-order valence-electron chi connectivity index (χ0n) is 11.6. The topological polar surface area (TPSA) is 26.3 Å². The fourth-order valence-electron chi connectivity index (χ4n) is 1.52. The number of rotatable bonds is 9. The molecule has 1 aromatic rings. The third-order valence-electron chi connectivity index (χ3n) is 2.46. The van der Waals surface area contributed by atoms with Crippen LogP contribution in [-0.4, -0.2) is 29.3 Å². The van der Waals surface area contributed by atoms with Crippen LogP contribution < -0.4 is 0 Å². The largest absolute Gasteiger partial charge is 0.380 e. The van der Waals surface area contributed by atoms with Crippen molar-refractivity contribution in [1.82, 2.24) is 0 Å². The average molecular weight is 298 g/mol. The monoisotopic (exact) mass is 298 g/mol. The van der Waals surface area contributed by atoms with Crippen molar-refractivity contribution in [3.05, 3.63) is 30.3 Å². The minimum Gasteiger partial charge on any atom is -0.380 e. The molecule has 0 spiro atoms. The zero-order chi connectivity index (χ0) is 13.9. The van der Waals surface area contributed by atoms with E-state index < -0.39 is 0 Å². The summed E-state index contributed by atoms with van der Waals surface area (Å²) in [4.78, 5) is 12.5. The van der Waals surface area contributed by atoms with Gasteiger partial charge in [-0.15, -0.1) is 11.8 Å². The van der Waals surface area contributed by atoms with Gasteiger partial charge in [0, 0.05) is 29.4 Å². The first kappa shape index (κ1) is 16.6. The summed E-state index contributed by atoms with van der Waals surface area (Å²) in [6, 6.07) is 10.3. The van der Waals surface area contributed by atoms with Gasteiger partial charge >= 0.3 is 0 Å². The molecule has 1 rings (SSSR count). The summed E-state index contributed by atoms with van der Waals surface area (Å²) in [6.07, 6.45) is 2.23. The Hall–Kier alpha value is -0.450. The number of unbranched alkanes of at least 4 members (excludes halogenated alkanes) is 1. The Kier molecular flexibility index (Phi) is 9.05. The van der Waals surface area contributed by atoms with Crippen molar-refractivity contribution in [1.29, 1.82) is 0 Å². The van der Waals surface area contributed by atoms with Crippen LogP contribution in [0.5, 0.6) is 0 Å². The molecule has 0 heterocycles. The van der Waals surface area contributed by atoms with Crippen molar-refractivity contribution in [2.45, 2.75) is 36.8 Å². The number of carbonyl (C=O) groups is 1. The van der Waals surface area contributed by atoms with Crippen LogP contribution in [0.2, 0.25) is 0 Å². The number of thioether (sulfide) groups is 2. The molecule has 1 atom stereocenters. The minimum absolute atomic E-state index is 0.165. The highest BCUT2D eigenvalue weighted by atomic mass is 32.2. The lowest BCUT2D eigenvalue weighted by Crippen LogP contribution is -2.17. The second kappa shape index (κ2) is 10.4. The van der Waals surface area contributed by atoms with Gasteiger partial charge in [-0.1, -0.05) is 43.3 Å². The van der Waals surface area contributed by atoms with E-state index in [4.69, 9.17) is 4.74 Å². The van der Waals surface area contributed by atoms with E-state index in [2.05, 4.69) is 19.1 Å². The molecule has 1 aromatic carbocycles. The molecule has 0 bridgehead atoms. The predicted octanol–water partition coefficient (Wildman–Crippen LogP) is 4.24. The highest BCUT2D eigenvalue weighted by molar-refractivity contribution is 8.14. The quantitative estimate of drug-likeness (QED) is 0.503. The first-order valence-corrected chi connectivity index (χ1v) is 8.51. The lowest BCUT2D eigenvalue weighted by atomic mass is 10.4. The van der Waals surface area contributed by atoms with Gasteiger partial charge in [0.05, 0.1) is 6.61 Å². The van der Waals surface area contributed by atoms with Gasteiger partial charge in [-0.2, -0.15) is 0 Å². The van der Waals surface area contributed by atoms with E-state index >= 15 is 0 Å². The Balaban J connectivity index is 2.34. The first-order valence-electron chi connectivity index (χ1n) is 6.65. The summed E-state index contributed by atoms with van der Waals surface area (Å²) in [5.74, 6) is 0.903. The van der Waals surface area contributed by atoms with Crippen LogP contribution in [0.1, 0.15) is 26.7 Å². The van der Waals surface area contributed by atoms with Gasteiger partial charge in [-0.05, 0) is 18.6 Å². The smallest absolute Gasteiger partial charge is 0.186 e. The van der Waals surface area contributed by atoms with Gasteiger partial charge in [-0.3, -0.25) is 4.79 Å². The fourth-order valence-corrected chi connectivity index (χ4v) is 3.45. The van der Waals surface area contributed by atoms with Crippen LogP contribution in [0.25, 0.3) is 0 Å². The van der Waals surface area contributed by atoms with Crippen molar-refractivity contribution in [3.8, 4) is 0 Å². The maximum atomic E-state index is 11.3. The number of benzene rings is 1. The molecular weight excluding hydrogens is 276 g/mol. The molecule has 0 radical (unpaired) electrons. The average Bonchev–Trinajstić information content (AvgIpc) is 2.41. The molecule has 2 nitrogen and oxygen atoms in total. The molecule has 0 saturated carbocycles. The summed E-state index contributed by atoms with van der Waals surface area (Å²) in [7, 11) is 0. The van der Waals surface area contributed by atoms with E-state index in [0.717, 1.165) is 25.2 Å². The fraction of sp³-hybridized carbons (Fsp3) is 0.533. The molecule has 0 aromatic heterocycles. The van der Waals surface area contributed by atoms with Gasteiger partial charge < -0.3 is 4.74 Å². The molecule has 19 heavy (non-hydrogen) atoms. The Morgan fingerprint density at radius 2 is 2.05 bits per heavy atom. The third kappa shape index (κ3) is 8.35. The highest BCUT2D eigenvalue weighted by Gasteiger charge is 2.13. The van der Waals surface area contributed by atoms with Crippen molar-refractivity contribution < 1.29 is 9.53 Å². The number of hydrogen-bond acceptors (Lipinski definition) is 4. The Bertz CT molecular complexity index is 354. The molecule has 0 aliphatic heterocycles. The van der Waals surface area contributed by atoms with E-state index in [1.807, 2.05) is 18.2 Å². The van der Waals surface area contributed by atoms with Crippen LogP contribution in [0, 0.1) is 0 Å². The lowest BCUT2D eigenvalue weighted by Gasteiger charge is -2.14. The van der Waals surface area contributed by atoms with E-state index in [1.54, 1.807) is 18.7 Å². The van der Waals surface area contributed by atoms with Gasteiger partial charge in [0.2, 0.25) is 0 Å². The summed E-state index contributed by atoms with van der Waals surface area (Å²) < 4.78 is 5.64. The maximum Gasteiger partial charge on any atom is 0.186 e. The minimum atomic E-state index is 0.165. The molecule has 1 unspecified atom stereocenters. The SMILES string of the molecule is CCCCOCC(CSc1ccccc1)SC(C)=O. The summed E-state index contributed by atoms with van der Waals surface area (Å²) in [5, 5.41) is 0.400. The standard InChI is InChI=1S/C15H22O2S2/c1-3-4-10-17-11-15(19-13(2)16)12-18-14-8-6-5-7-9-14/h5-9,15H,3-4,10-12H2,1-2H3. The molecular formula is C15H22O2S2. The predicted molar refractivity (Wildman–Crippen MR) is 85.0 cm³/mol. The van der Waals surface area contributed by atoms with Crippen molar-refractivity contribution in [2.24, 2.45) is 0 Å². The molecule has 4 heteroatoms. The van der Waals surface area contributed by atoms with Gasteiger partial charge in [-0.25, -0.2) is 0 Å². The second-order valence-corrected chi connectivity index (χ2v) is 6.85. The molecule has 0 saturated heterocycles. The normalized spacial score (nSPS) is 12.3. The number of carbonyl (C=O) groups excluding carboxylic acids is 1. The summed E-state index contributed by atoms with van der Waals surface area (Å²) in [5.41, 5.74) is 0. The van der Waals surface area contributed by atoms with E-state index in [1.165, 1.54) is 16.7 Å². The zero-order valence-corrected chi connectivity index (χ0v) is 13.3. The van der Waals surface area contributed by atoms with E-state index in [0.29, 0.717) is 6.61 Å². The molecule has 0 aliphatic rings. The second-order valence-electron chi connectivity index (χ2n) is 4.28. The van der Waals surface area contributed by atoms with Crippen LogP contribution in [0.4, 0.5) is 0 Å². The Morgan fingerprint density at radius 3 is 2.68 bits per heavy atom. The highest BCUT2D eigenvalue weighted by Crippen LogP contribution is 2.24. The van der Waals surface area contributed by atoms with Crippen molar-refractivity contribution in [2.75, 3.05) is 19.0 Å². The molecule has 0 N–H and O–H groups in total. The van der Waals surface area contributed by atoms with Gasteiger partial charge in [0.25, 0.3) is 0 Å². The van der Waals surface area contributed by atoms with Crippen molar-refractivity contribution >= 4 is 28.6 Å².